The number of rotatable bonds is 8. The summed E-state index contributed by atoms with van der Waals surface area (Å²) in [5.41, 5.74) is 1.46. The zero-order valence-corrected chi connectivity index (χ0v) is 17.6. The van der Waals surface area contributed by atoms with Crippen molar-refractivity contribution < 1.29 is 18.8 Å². The van der Waals surface area contributed by atoms with Gasteiger partial charge in [-0.1, -0.05) is 35.5 Å². The first-order valence-electron chi connectivity index (χ1n) is 9.96. The third-order valence-electron chi connectivity index (χ3n) is 4.06. The maximum atomic E-state index is 11.6. The third-order valence-corrected chi connectivity index (χ3v) is 4.06. The third kappa shape index (κ3) is 6.92. The molecule has 0 spiro atoms. The first-order valence-corrected chi connectivity index (χ1v) is 9.96. The van der Waals surface area contributed by atoms with E-state index in [1.54, 1.807) is 0 Å². The number of benzene rings is 2. The molecule has 30 heavy (non-hydrogen) atoms. The summed E-state index contributed by atoms with van der Waals surface area (Å²) < 4.78 is 16.3. The van der Waals surface area contributed by atoms with Gasteiger partial charge in [-0.15, -0.1) is 0 Å². The number of ether oxygens (including phenoxy) is 2. The predicted molar refractivity (Wildman–Crippen MR) is 113 cm³/mol. The number of carbonyl (C=O) groups excluding carboxylic acids is 1. The summed E-state index contributed by atoms with van der Waals surface area (Å²) in [6.07, 6.45) is 0.817. The summed E-state index contributed by atoms with van der Waals surface area (Å²) >= 11 is 0. The van der Waals surface area contributed by atoms with Gasteiger partial charge in [-0.3, -0.25) is 0 Å². The molecule has 7 heteroatoms. The van der Waals surface area contributed by atoms with Crippen LogP contribution in [-0.4, -0.2) is 28.4 Å². The topological polar surface area (TPSA) is 86.5 Å². The normalized spacial score (nSPS) is 11.2. The minimum Gasteiger partial charge on any atom is -0.489 e. The average molecular weight is 409 g/mol. The second kappa shape index (κ2) is 9.91. The molecule has 0 radical (unpaired) electrons. The van der Waals surface area contributed by atoms with Crippen LogP contribution in [0, 0.1) is 0 Å². The number of nitrogens with one attached hydrogen (secondary N) is 1. The van der Waals surface area contributed by atoms with Gasteiger partial charge in [0.2, 0.25) is 11.7 Å². The van der Waals surface area contributed by atoms with Crippen LogP contribution in [-0.2, 0) is 17.8 Å². The lowest BCUT2D eigenvalue weighted by atomic mass is 10.2. The highest BCUT2D eigenvalue weighted by Crippen LogP contribution is 2.21. The Balaban J connectivity index is 1.44. The maximum Gasteiger partial charge on any atom is 0.407 e. The Hall–Kier alpha value is -3.35. The van der Waals surface area contributed by atoms with Crippen LogP contribution in [0.2, 0.25) is 0 Å². The van der Waals surface area contributed by atoms with Crippen LogP contribution in [0.4, 0.5) is 4.79 Å². The minimum atomic E-state index is -0.506. The molecule has 0 aliphatic carbocycles. The zero-order chi connectivity index (χ0) is 21.4. The summed E-state index contributed by atoms with van der Waals surface area (Å²) in [6, 6.07) is 17.6. The maximum absolute atomic E-state index is 11.6. The number of aromatic nitrogens is 2. The first kappa shape index (κ1) is 21.4. The summed E-state index contributed by atoms with van der Waals surface area (Å²) in [5.74, 6) is 1.83. The molecule has 1 aromatic heterocycles. The molecule has 0 fully saturated rings. The lowest BCUT2D eigenvalue weighted by Gasteiger charge is -2.19. The number of nitrogens with zero attached hydrogens (tertiary/aromatic N) is 2. The summed E-state index contributed by atoms with van der Waals surface area (Å²) in [7, 11) is 0. The van der Waals surface area contributed by atoms with Crippen molar-refractivity contribution in [3.05, 3.63) is 66.1 Å². The van der Waals surface area contributed by atoms with Crippen molar-refractivity contribution in [3.8, 4) is 17.1 Å². The molecule has 0 aliphatic heterocycles. The van der Waals surface area contributed by atoms with E-state index in [0.717, 1.165) is 16.9 Å². The van der Waals surface area contributed by atoms with Crippen LogP contribution < -0.4 is 10.1 Å². The highest BCUT2D eigenvalue weighted by Gasteiger charge is 2.15. The van der Waals surface area contributed by atoms with Crippen LogP contribution in [0.3, 0.4) is 0 Å². The van der Waals surface area contributed by atoms with Gasteiger partial charge in [-0.05, 0) is 57.0 Å². The van der Waals surface area contributed by atoms with Crippen LogP contribution in [0.5, 0.6) is 5.75 Å². The Labute approximate surface area is 176 Å². The van der Waals surface area contributed by atoms with Gasteiger partial charge in [0, 0.05) is 18.5 Å². The van der Waals surface area contributed by atoms with Gasteiger partial charge in [0.05, 0.1) is 0 Å². The van der Waals surface area contributed by atoms with E-state index in [1.165, 1.54) is 0 Å². The van der Waals surface area contributed by atoms with Crippen molar-refractivity contribution in [2.45, 2.75) is 45.8 Å². The SMILES string of the molecule is CC(C)(C)OC(=O)NCCCc1nc(-c2ccc(OCc3ccccc3)cc2)no1. The lowest BCUT2D eigenvalue weighted by molar-refractivity contribution is 0.0527. The summed E-state index contributed by atoms with van der Waals surface area (Å²) in [6.45, 7) is 6.47. The molecule has 0 bridgehead atoms. The van der Waals surface area contributed by atoms with Gasteiger partial charge in [0.25, 0.3) is 0 Å². The number of aryl methyl sites for hydroxylation is 1. The van der Waals surface area contributed by atoms with E-state index in [0.29, 0.717) is 37.7 Å². The molecule has 3 aromatic rings. The van der Waals surface area contributed by atoms with E-state index >= 15 is 0 Å². The Bertz CT molecular complexity index is 931. The second-order valence-corrected chi connectivity index (χ2v) is 7.84. The molecule has 1 N–H and O–H groups in total. The van der Waals surface area contributed by atoms with Crippen LogP contribution in [0.15, 0.2) is 59.1 Å². The van der Waals surface area contributed by atoms with E-state index in [4.69, 9.17) is 14.0 Å². The fourth-order valence-corrected chi connectivity index (χ4v) is 2.66. The monoisotopic (exact) mass is 409 g/mol. The Morgan fingerprint density at radius 3 is 2.50 bits per heavy atom. The summed E-state index contributed by atoms with van der Waals surface area (Å²) in [4.78, 5) is 16.0. The number of alkyl carbamates (subject to hydrolysis) is 1. The van der Waals surface area contributed by atoms with Crippen LogP contribution >= 0.6 is 0 Å². The van der Waals surface area contributed by atoms with E-state index in [2.05, 4.69) is 15.5 Å². The van der Waals surface area contributed by atoms with Gasteiger partial charge in [0.1, 0.15) is 18.0 Å². The van der Waals surface area contributed by atoms with E-state index in [1.807, 2.05) is 75.4 Å². The number of carbonyl (C=O) groups is 1. The smallest absolute Gasteiger partial charge is 0.407 e. The molecule has 1 amide bonds. The highest BCUT2D eigenvalue weighted by molar-refractivity contribution is 5.67. The van der Waals surface area contributed by atoms with E-state index in [9.17, 15) is 4.79 Å². The molecular weight excluding hydrogens is 382 g/mol. The fraction of sp³-hybridized carbons (Fsp3) is 0.348. The molecule has 0 unspecified atom stereocenters. The fourth-order valence-electron chi connectivity index (χ4n) is 2.66. The average Bonchev–Trinajstić information content (AvgIpc) is 3.18. The van der Waals surface area contributed by atoms with Crippen molar-refractivity contribution in [1.29, 1.82) is 0 Å². The molecule has 1 heterocycles. The lowest BCUT2D eigenvalue weighted by Crippen LogP contribution is -2.33. The highest BCUT2D eigenvalue weighted by atomic mass is 16.6. The number of hydrogen-bond donors (Lipinski definition) is 1. The van der Waals surface area contributed by atoms with Gasteiger partial charge in [-0.2, -0.15) is 4.98 Å². The molecule has 0 saturated carbocycles. The molecule has 2 aromatic carbocycles. The Kier molecular flexibility index (Phi) is 7.06. The molecule has 0 saturated heterocycles. The molecule has 158 valence electrons. The van der Waals surface area contributed by atoms with Crippen molar-refractivity contribution in [3.63, 3.8) is 0 Å². The van der Waals surface area contributed by atoms with Crippen molar-refractivity contribution >= 4 is 6.09 Å². The van der Waals surface area contributed by atoms with Gasteiger partial charge >= 0.3 is 6.09 Å². The van der Waals surface area contributed by atoms with Crippen LogP contribution in [0.25, 0.3) is 11.4 Å². The predicted octanol–water partition coefficient (Wildman–Crippen LogP) is 4.77. The molecule has 0 atom stereocenters. The zero-order valence-electron chi connectivity index (χ0n) is 17.6. The first-order chi connectivity index (χ1) is 14.4. The second-order valence-electron chi connectivity index (χ2n) is 7.84. The molecule has 0 aliphatic rings. The van der Waals surface area contributed by atoms with E-state index < -0.39 is 11.7 Å². The van der Waals surface area contributed by atoms with Gasteiger partial charge < -0.3 is 19.3 Å². The van der Waals surface area contributed by atoms with E-state index in [-0.39, 0.29) is 0 Å². The van der Waals surface area contributed by atoms with Crippen molar-refractivity contribution in [2.75, 3.05) is 6.54 Å². The van der Waals surface area contributed by atoms with Gasteiger partial charge in [-0.25, -0.2) is 4.79 Å². The molecular formula is C23H27N3O4. The van der Waals surface area contributed by atoms with Crippen molar-refractivity contribution in [2.24, 2.45) is 0 Å². The Morgan fingerprint density at radius 1 is 1.07 bits per heavy atom. The molecule has 7 nitrogen and oxygen atoms in total. The number of hydrogen-bond acceptors (Lipinski definition) is 6. The van der Waals surface area contributed by atoms with Gasteiger partial charge in [0.15, 0.2) is 0 Å². The quantitative estimate of drug-likeness (QED) is 0.539. The standard InChI is InChI=1S/C23H27N3O4/c1-23(2,3)29-22(27)24-15-7-10-20-25-21(26-30-20)18-11-13-19(14-12-18)28-16-17-8-5-4-6-9-17/h4-6,8-9,11-14H,7,10,15-16H2,1-3H3,(H,24,27). The van der Waals surface area contributed by atoms with Crippen LogP contribution in [0.1, 0.15) is 38.6 Å². The number of amides is 1. The largest absolute Gasteiger partial charge is 0.489 e. The van der Waals surface area contributed by atoms with Crippen molar-refractivity contribution in [1.82, 2.24) is 15.5 Å². The minimum absolute atomic E-state index is 0.428. The summed E-state index contributed by atoms with van der Waals surface area (Å²) in [5, 5.41) is 6.75. The molecule has 3 rings (SSSR count). The Morgan fingerprint density at radius 2 is 1.80 bits per heavy atom.